The van der Waals surface area contributed by atoms with Crippen molar-refractivity contribution in [3.8, 4) is 0 Å². The quantitative estimate of drug-likeness (QED) is 0.752. The Balaban J connectivity index is 1.52. The molecule has 1 N–H and O–H groups in total. The van der Waals surface area contributed by atoms with E-state index in [0.717, 1.165) is 26.2 Å². The summed E-state index contributed by atoms with van der Waals surface area (Å²) in [6.45, 7) is 5.69. The molecule has 3 atom stereocenters. The normalized spacial score (nSPS) is 27.0. The van der Waals surface area contributed by atoms with Gasteiger partial charge in [-0.05, 0) is 35.4 Å². The van der Waals surface area contributed by atoms with Crippen molar-refractivity contribution in [3.05, 3.63) is 30.1 Å². The van der Waals surface area contributed by atoms with Gasteiger partial charge in [0.2, 0.25) is 5.91 Å². The average molecular weight is 333 g/mol. The van der Waals surface area contributed by atoms with E-state index >= 15 is 0 Å². The molecule has 1 aromatic heterocycles. The van der Waals surface area contributed by atoms with E-state index < -0.39 is 0 Å². The molecule has 6 nitrogen and oxygen atoms in total. The topological polar surface area (TPSA) is 63.7 Å². The summed E-state index contributed by atoms with van der Waals surface area (Å²) < 4.78 is 10.8. The summed E-state index contributed by atoms with van der Waals surface area (Å²) in [6, 6.07) is 4.14. The molecule has 3 heterocycles. The van der Waals surface area contributed by atoms with Gasteiger partial charge in [-0.25, -0.2) is 0 Å². The molecule has 2 aliphatic rings. The highest BCUT2D eigenvalue weighted by atomic mass is 16.5. The maximum absolute atomic E-state index is 12.1. The van der Waals surface area contributed by atoms with Crippen LogP contribution in [0.15, 0.2) is 24.5 Å². The van der Waals surface area contributed by atoms with Crippen LogP contribution in [0.1, 0.15) is 12.0 Å². The number of methoxy groups -OCH3 is 1. The van der Waals surface area contributed by atoms with E-state index in [4.69, 9.17) is 9.47 Å². The summed E-state index contributed by atoms with van der Waals surface area (Å²) in [4.78, 5) is 18.7. The Kier molecular flexibility index (Phi) is 6.18. The van der Waals surface area contributed by atoms with Gasteiger partial charge in [0, 0.05) is 52.1 Å². The van der Waals surface area contributed by atoms with E-state index in [1.165, 1.54) is 5.56 Å². The first kappa shape index (κ1) is 17.3. The van der Waals surface area contributed by atoms with E-state index in [9.17, 15) is 4.79 Å². The molecule has 1 amide bonds. The number of rotatable bonds is 7. The smallest absolute Gasteiger partial charge is 0.220 e. The predicted octanol–water partition coefficient (Wildman–Crippen LogP) is 0.929. The maximum Gasteiger partial charge on any atom is 0.220 e. The molecule has 1 aromatic rings. The zero-order valence-corrected chi connectivity index (χ0v) is 14.3. The highest BCUT2D eigenvalue weighted by Crippen LogP contribution is 2.36. The number of likely N-dealkylation sites (tertiary alicyclic amines) is 1. The Bertz CT molecular complexity index is 526. The summed E-state index contributed by atoms with van der Waals surface area (Å²) in [5.74, 6) is 1.51. The number of nitrogens with one attached hydrogen (secondary N) is 1. The number of pyridine rings is 1. The van der Waals surface area contributed by atoms with Crippen LogP contribution in [0.4, 0.5) is 0 Å². The molecule has 0 saturated carbocycles. The van der Waals surface area contributed by atoms with Crippen LogP contribution < -0.4 is 5.32 Å². The second-order valence-corrected chi connectivity index (χ2v) is 6.82. The SMILES string of the molecule is COCCNC(=O)C[C@@H]1COC[C@H]2CN(Cc3ccncc3)C[C@@H]12. The number of fused-ring (bicyclic) bond motifs is 1. The van der Waals surface area contributed by atoms with E-state index in [0.29, 0.717) is 43.9 Å². The van der Waals surface area contributed by atoms with Crippen molar-refractivity contribution in [3.63, 3.8) is 0 Å². The molecular weight excluding hydrogens is 306 g/mol. The summed E-state index contributed by atoms with van der Waals surface area (Å²) in [5.41, 5.74) is 1.29. The van der Waals surface area contributed by atoms with Crippen LogP contribution in [-0.2, 0) is 20.8 Å². The third kappa shape index (κ3) is 4.53. The van der Waals surface area contributed by atoms with Crippen molar-refractivity contribution >= 4 is 5.91 Å². The Morgan fingerprint density at radius 2 is 2.21 bits per heavy atom. The van der Waals surface area contributed by atoms with Crippen molar-refractivity contribution < 1.29 is 14.3 Å². The van der Waals surface area contributed by atoms with Gasteiger partial charge in [0.25, 0.3) is 0 Å². The Hall–Kier alpha value is -1.50. The van der Waals surface area contributed by atoms with Crippen molar-refractivity contribution in [2.45, 2.75) is 13.0 Å². The molecule has 2 aliphatic heterocycles. The fourth-order valence-corrected chi connectivity index (χ4v) is 3.88. The second kappa shape index (κ2) is 8.55. The monoisotopic (exact) mass is 333 g/mol. The van der Waals surface area contributed by atoms with Crippen LogP contribution in [0.5, 0.6) is 0 Å². The minimum absolute atomic E-state index is 0.105. The van der Waals surface area contributed by atoms with Gasteiger partial charge in [-0.3, -0.25) is 14.7 Å². The van der Waals surface area contributed by atoms with Crippen LogP contribution in [0.2, 0.25) is 0 Å². The molecule has 0 aliphatic carbocycles. The summed E-state index contributed by atoms with van der Waals surface area (Å²) in [5, 5.41) is 2.92. The number of aromatic nitrogens is 1. The van der Waals surface area contributed by atoms with Crippen LogP contribution >= 0.6 is 0 Å². The van der Waals surface area contributed by atoms with Gasteiger partial charge in [0.05, 0.1) is 19.8 Å². The Morgan fingerprint density at radius 3 is 3.00 bits per heavy atom. The first-order chi connectivity index (χ1) is 11.8. The Labute approximate surface area is 143 Å². The third-order valence-electron chi connectivity index (χ3n) is 5.07. The minimum atomic E-state index is 0.105. The number of carbonyl (C=O) groups is 1. The zero-order chi connectivity index (χ0) is 16.8. The third-order valence-corrected chi connectivity index (χ3v) is 5.07. The summed E-state index contributed by atoms with van der Waals surface area (Å²) >= 11 is 0. The molecule has 0 unspecified atom stereocenters. The lowest BCUT2D eigenvalue weighted by molar-refractivity contribution is -0.124. The van der Waals surface area contributed by atoms with Crippen LogP contribution in [0.3, 0.4) is 0 Å². The predicted molar refractivity (Wildman–Crippen MR) is 90.3 cm³/mol. The number of hydrogen-bond donors (Lipinski definition) is 1. The molecule has 6 heteroatoms. The van der Waals surface area contributed by atoms with E-state index in [-0.39, 0.29) is 5.91 Å². The highest BCUT2D eigenvalue weighted by Gasteiger charge is 2.41. The van der Waals surface area contributed by atoms with Gasteiger partial charge in [-0.1, -0.05) is 0 Å². The van der Waals surface area contributed by atoms with Crippen molar-refractivity contribution in [1.29, 1.82) is 0 Å². The molecule has 2 saturated heterocycles. The van der Waals surface area contributed by atoms with Gasteiger partial charge in [-0.15, -0.1) is 0 Å². The highest BCUT2D eigenvalue weighted by molar-refractivity contribution is 5.76. The first-order valence-electron chi connectivity index (χ1n) is 8.71. The van der Waals surface area contributed by atoms with Gasteiger partial charge in [0.1, 0.15) is 0 Å². The van der Waals surface area contributed by atoms with Gasteiger partial charge < -0.3 is 14.8 Å². The minimum Gasteiger partial charge on any atom is -0.383 e. The number of nitrogens with zero attached hydrogens (tertiary/aromatic N) is 2. The van der Waals surface area contributed by atoms with Crippen molar-refractivity contribution in [2.24, 2.45) is 17.8 Å². The van der Waals surface area contributed by atoms with E-state index in [2.05, 4.69) is 27.3 Å². The lowest BCUT2D eigenvalue weighted by Gasteiger charge is -2.32. The fourth-order valence-electron chi connectivity index (χ4n) is 3.88. The second-order valence-electron chi connectivity index (χ2n) is 6.82. The standard InChI is InChI=1S/C18H27N3O3/c1-23-7-6-20-18(22)8-15-12-24-13-16-10-21(11-17(15)16)9-14-2-4-19-5-3-14/h2-5,15-17H,6-13H2,1H3,(H,20,22)/t15-,16-,17+/m1/s1. The van der Waals surface area contributed by atoms with Crippen molar-refractivity contribution in [2.75, 3.05) is 46.6 Å². The maximum atomic E-state index is 12.1. The lowest BCUT2D eigenvalue weighted by atomic mass is 9.81. The molecule has 0 aromatic carbocycles. The molecule has 24 heavy (non-hydrogen) atoms. The summed E-state index contributed by atoms with van der Waals surface area (Å²) in [6.07, 6.45) is 4.23. The number of hydrogen-bond acceptors (Lipinski definition) is 5. The molecule has 0 spiro atoms. The summed E-state index contributed by atoms with van der Waals surface area (Å²) in [7, 11) is 1.64. The lowest BCUT2D eigenvalue weighted by Crippen LogP contribution is -2.38. The van der Waals surface area contributed by atoms with Gasteiger partial charge in [0.15, 0.2) is 0 Å². The van der Waals surface area contributed by atoms with Crippen molar-refractivity contribution in [1.82, 2.24) is 15.2 Å². The number of carbonyl (C=O) groups excluding carboxylic acids is 1. The molecule has 2 fully saturated rings. The average Bonchev–Trinajstić information content (AvgIpc) is 2.99. The largest absolute Gasteiger partial charge is 0.383 e. The molecule has 0 bridgehead atoms. The zero-order valence-electron chi connectivity index (χ0n) is 14.3. The van der Waals surface area contributed by atoms with Crippen LogP contribution in [0, 0.1) is 17.8 Å². The molecule has 3 rings (SSSR count). The fraction of sp³-hybridized carbons (Fsp3) is 0.667. The van der Waals surface area contributed by atoms with E-state index in [1.807, 2.05) is 12.4 Å². The molecular formula is C18H27N3O3. The van der Waals surface area contributed by atoms with Gasteiger partial charge in [-0.2, -0.15) is 0 Å². The Morgan fingerprint density at radius 1 is 1.38 bits per heavy atom. The first-order valence-corrected chi connectivity index (χ1v) is 8.71. The number of ether oxygens (including phenoxy) is 2. The van der Waals surface area contributed by atoms with E-state index in [1.54, 1.807) is 7.11 Å². The van der Waals surface area contributed by atoms with Crippen LogP contribution in [0.25, 0.3) is 0 Å². The molecule has 132 valence electrons. The van der Waals surface area contributed by atoms with Crippen LogP contribution in [-0.4, -0.2) is 62.4 Å². The number of amides is 1. The van der Waals surface area contributed by atoms with Gasteiger partial charge >= 0.3 is 0 Å². The molecule has 0 radical (unpaired) electrons.